The van der Waals surface area contributed by atoms with E-state index in [-0.39, 0.29) is 30.7 Å². The molecule has 1 saturated heterocycles. The maximum Gasteiger partial charge on any atom is 0.220 e. The normalized spacial score (nSPS) is 24.5. The zero-order valence-corrected chi connectivity index (χ0v) is 26.7. The minimum absolute atomic E-state index is 0.0439. The number of ether oxygens (including phenoxy) is 3. The van der Waals surface area contributed by atoms with Gasteiger partial charge >= 0.3 is 0 Å². The van der Waals surface area contributed by atoms with E-state index in [0.717, 1.165) is 77.0 Å². The first-order chi connectivity index (χ1) is 20.5. The lowest BCUT2D eigenvalue weighted by Crippen LogP contribution is -2.53. The molecule has 0 aromatic carbocycles. The van der Waals surface area contributed by atoms with Gasteiger partial charge in [0, 0.05) is 25.1 Å². The Labute approximate surface area is 259 Å². The lowest BCUT2D eigenvalue weighted by molar-refractivity contribution is -0.320. The molecule has 9 unspecified atom stereocenters. The van der Waals surface area contributed by atoms with Gasteiger partial charge in [-0.1, -0.05) is 61.8 Å². The summed E-state index contributed by atoms with van der Waals surface area (Å²) in [6, 6.07) is 0. The summed E-state index contributed by atoms with van der Waals surface area (Å²) in [5, 5.41) is 52.6. The van der Waals surface area contributed by atoms with Crippen LogP contribution in [-0.2, 0) is 30.1 Å². The number of carbonyl (C=O) groups is 1. The molecule has 6 N–H and O–H groups in total. The maximum absolute atomic E-state index is 11.6. The standard InChI is InChI=1S/C30H57NO11S/c1-22(40-29(37)28(23(2)33)42-30-25(35)20-24(34)26(21-32)41-30)16-14-12-10-8-6-4-3-5-7-9-11-13-15-17-27(36)31-18-19-43(38)39/h3-4,22-26,28-30,32-35,37H,5-21H2,1-2H3,(H,31,36)(H,38,39)/p-1/b4-3-. The second-order valence-electron chi connectivity index (χ2n) is 11.4. The highest BCUT2D eigenvalue weighted by Crippen LogP contribution is 2.24. The third-order valence-corrected chi connectivity index (χ3v) is 7.94. The molecule has 1 aliphatic heterocycles. The van der Waals surface area contributed by atoms with Crippen LogP contribution >= 0.6 is 0 Å². The Bertz CT molecular complexity index is 772. The van der Waals surface area contributed by atoms with E-state index in [1.165, 1.54) is 6.92 Å². The van der Waals surface area contributed by atoms with Gasteiger partial charge < -0.3 is 49.6 Å². The molecular formula is C30H56NO11S-. The average Bonchev–Trinajstić information content (AvgIpc) is 2.94. The molecule has 0 aromatic rings. The molecule has 0 saturated carbocycles. The lowest BCUT2D eigenvalue weighted by atomic mass is 10.0. The largest absolute Gasteiger partial charge is 0.772 e. The van der Waals surface area contributed by atoms with Gasteiger partial charge in [-0.25, -0.2) is 0 Å². The van der Waals surface area contributed by atoms with Gasteiger partial charge in [-0.2, -0.15) is 0 Å². The number of allylic oxidation sites excluding steroid dienone is 2. The molecule has 12 nitrogen and oxygen atoms in total. The van der Waals surface area contributed by atoms with Gasteiger partial charge in [-0.05, 0) is 52.4 Å². The van der Waals surface area contributed by atoms with Crippen molar-refractivity contribution in [3.8, 4) is 0 Å². The molecule has 0 aromatic heterocycles. The topological polar surface area (TPSA) is 198 Å². The Morgan fingerprint density at radius 3 is 2.21 bits per heavy atom. The van der Waals surface area contributed by atoms with Crippen molar-refractivity contribution < 1.29 is 53.3 Å². The summed E-state index contributed by atoms with van der Waals surface area (Å²) in [5.74, 6) is -0.131. The van der Waals surface area contributed by atoms with Crippen LogP contribution in [-0.4, -0.2) is 108 Å². The number of carbonyl (C=O) groups excluding carboxylic acids is 1. The number of unbranched alkanes of at least 4 members (excludes halogenated alkanes) is 9. The van der Waals surface area contributed by atoms with E-state index in [1.54, 1.807) is 0 Å². The zero-order chi connectivity index (χ0) is 32.0. The molecule has 1 aliphatic rings. The highest BCUT2D eigenvalue weighted by Gasteiger charge is 2.40. The van der Waals surface area contributed by atoms with Crippen LogP contribution in [0.1, 0.15) is 104 Å². The van der Waals surface area contributed by atoms with Crippen LogP contribution in [0.2, 0.25) is 0 Å². The van der Waals surface area contributed by atoms with E-state index >= 15 is 0 Å². The fraction of sp³-hybridized carbons (Fsp3) is 0.900. The predicted octanol–water partition coefficient (Wildman–Crippen LogP) is 1.93. The summed E-state index contributed by atoms with van der Waals surface area (Å²) in [5.41, 5.74) is 0. The average molecular weight is 639 g/mol. The van der Waals surface area contributed by atoms with Gasteiger partial charge in [0.15, 0.2) is 12.6 Å². The number of aliphatic hydroxyl groups is 5. The Kier molecular flexibility index (Phi) is 22.6. The molecule has 0 bridgehead atoms. The van der Waals surface area contributed by atoms with E-state index < -0.39 is 60.8 Å². The van der Waals surface area contributed by atoms with Crippen LogP contribution in [0.25, 0.3) is 0 Å². The van der Waals surface area contributed by atoms with Crippen LogP contribution in [0.15, 0.2) is 12.2 Å². The first kappa shape index (κ1) is 40.0. The summed E-state index contributed by atoms with van der Waals surface area (Å²) in [4.78, 5) is 11.6. The number of rotatable bonds is 25. The van der Waals surface area contributed by atoms with Crippen LogP contribution in [0.5, 0.6) is 0 Å². The molecule has 1 rings (SSSR count). The molecule has 0 aliphatic carbocycles. The van der Waals surface area contributed by atoms with Crippen molar-refractivity contribution in [3.05, 3.63) is 12.2 Å². The Balaban J connectivity index is 2.07. The maximum atomic E-state index is 11.6. The summed E-state index contributed by atoms with van der Waals surface area (Å²) in [7, 11) is 0. The highest BCUT2D eigenvalue weighted by molar-refractivity contribution is 7.79. The van der Waals surface area contributed by atoms with Gasteiger partial charge in [-0.15, -0.1) is 0 Å². The zero-order valence-electron chi connectivity index (χ0n) is 25.9. The van der Waals surface area contributed by atoms with E-state index in [4.69, 9.17) is 14.2 Å². The van der Waals surface area contributed by atoms with Crippen molar-refractivity contribution in [3.63, 3.8) is 0 Å². The molecular weight excluding hydrogens is 582 g/mol. The molecule has 43 heavy (non-hydrogen) atoms. The van der Waals surface area contributed by atoms with Crippen LogP contribution in [0.4, 0.5) is 0 Å². The number of aliphatic hydroxyl groups excluding tert-OH is 5. The number of nitrogens with one attached hydrogen (secondary N) is 1. The second-order valence-corrected chi connectivity index (χ2v) is 12.4. The Morgan fingerprint density at radius 1 is 1.00 bits per heavy atom. The summed E-state index contributed by atoms with van der Waals surface area (Å²) in [6.07, 6.45) is 8.62. The quantitative estimate of drug-likeness (QED) is 0.0370. The molecule has 0 radical (unpaired) electrons. The smallest absolute Gasteiger partial charge is 0.220 e. The van der Waals surface area contributed by atoms with Crippen LogP contribution < -0.4 is 5.32 Å². The monoisotopic (exact) mass is 638 g/mol. The van der Waals surface area contributed by atoms with Gasteiger partial charge in [0.2, 0.25) is 5.91 Å². The van der Waals surface area contributed by atoms with Gasteiger partial charge in [0.1, 0.15) is 18.3 Å². The second kappa shape index (κ2) is 24.3. The third-order valence-electron chi connectivity index (χ3n) is 7.40. The third kappa shape index (κ3) is 19.2. The van der Waals surface area contributed by atoms with Crippen molar-refractivity contribution in [1.82, 2.24) is 5.32 Å². The molecule has 254 valence electrons. The molecule has 13 heteroatoms. The first-order valence-corrected chi connectivity index (χ1v) is 17.1. The van der Waals surface area contributed by atoms with Gasteiger partial charge in [0.25, 0.3) is 0 Å². The van der Waals surface area contributed by atoms with E-state index in [1.807, 2.05) is 6.92 Å². The van der Waals surface area contributed by atoms with E-state index in [0.29, 0.717) is 6.42 Å². The molecule has 1 fully saturated rings. The minimum Gasteiger partial charge on any atom is -0.772 e. The minimum atomic E-state index is -2.12. The number of hydrogen-bond acceptors (Lipinski definition) is 11. The molecule has 1 heterocycles. The predicted molar refractivity (Wildman–Crippen MR) is 161 cm³/mol. The molecule has 9 atom stereocenters. The fourth-order valence-electron chi connectivity index (χ4n) is 4.83. The Morgan fingerprint density at radius 2 is 1.60 bits per heavy atom. The SMILES string of the molecule is CC(CCCCCC/C=C\CCCCCCCC(=O)NCCS(=O)[O-])OC(O)C(OC1OC(CO)C(O)CC1O)C(C)O. The first-order valence-electron chi connectivity index (χ1n) is 15.8. The van der Waals surface area contributed by atoms with E-state index in [2.05, 4.69) is 17.5 Å². The summed E-state index contributed by atoms with van der Waals surface area (Å²) in [6.45, 7) is 3.00. The summed E-state index contributed by atoms with van der Waals surface area (Å²) >= 11 is -2.12. The van der Waals surface area contributed by atoms with Crippen LogP contribution in [0.3, 0.4) is 0 Å². The number of hydrogen-bond donors (Lipinski definition) is 6. The molecule has 1 amide bonds. The van der Waals surface area contributed by atoms with Crippen LogP contribution in [0, 0.1) is 0 Å². The fourth-order valence-corrected chi connectivity index (χ4v) is 5.10. The molecule has 0 spiro atoms. The van der Waals surface area contributed by atoms with Crippen molar-refractivity contribution >= 4 is 17.0 Å². The van der Waals surface area contributed by atoms with Crippen molar-refractivity contribution in [2.24, 2.45) is 0 Å². The Hall–Kier alpha value is -1.00. The highest BCUT2D eigenvalue weighted by atomic mass is 32.2. The lowest BCUT2D eigenvalue weighted by Gasteiger charge is -2.39. The number of amides is 1. The van der Waals surface area contributed by atoms with Gasteiger partial charge in [-0.3, -0.25) is 9.00 Å². The van der Waals surface area contributed by atoms with Crippen molar-refractivity contribution in [2.75, 3.05) is 18.9 Å². The van der Waals surface area contributed by atoms with Crippen molar-refractivity contribution in [1.29, 1.82) is 0 Å². The van der Waals surface area contributed by atoms with E-state index in [9.17, 15) is 39.1 Å². The summed E-state index contributed by atoms with van der Waals surface area (Å²) < 4.78 is 37.5. The van der Waals surface area contributed by atoms with Crippen molar-refractivity contribution in [2.45, 2.75) is 153 Å². The van der Waals surface area contributed by atoms with Gasteiger partial charge in [0.05, 0.1) is 24.9 Å².